The highest BCUT2D eigenvalue weighted by atomic mass is 16.3. The third-order valence-electron chi connectivity index (χ3n) is 6.50. The predicted octanol–water partition coefficient (Wildman–Crippen LogP) is 3.70. The zero-order valence-corrected chi connectivity index (χ0v) is 15.2. The topological polar surface area (TPSA) is 35.5 Å². The van der Waals surface area contributed by atoms with Gasteiger partial charge in [0.05, 0.1) is 0 Å². The van der Waals surface area contributed by atoms with Gasteiger partial charge in [0.1, 0.15) is 5.75 Å². The minimum atomic E-state index is 0.112. The monoisotopic (exact) mass is 336 g/mol. The molecule has 2 aromatic rings. The molecular weight excluding hydrogens is 308 g/mol. The van der Waals surface area contributed by atoms with Crippen LogP contribution in [0.25, 0.3) is 0 Å². The summed E-state index contributed by atoms with van der Waals surface area (Å²) in [5, 5.41) is 13.7. The van der Waals surface area contributed by atoms with Crippen LogP contribution >= 0.6 is 0 Å². The summed E-state index contributed by atoms with van der Waals surface area (Å²) in [5.74, 6) is 0.930. The molecule has 2 aliphatic heterocycles. The van der Waals surface area contributed by atoms with Crippen molar-refractivity contribution < 1.29 is 5.11 Å². The molecule has 0 amide bonds. The van der Waals surface area contributed by atoms with E-state index in [4.69, 9.17) is 0 Å². The number of rotatable bonds is 2. The number of piperazine rings is 1. The maximum absolute atomic E-state index is 9.91. The van der Waals surface area contributed by atoms with Crippen LogP contribution in [0.15, 0.2) is 54.6 Å². The van der Waals surface area contributed by atoms with Crippen LogP contribution in [0.1, 0.15) is 37.4 Å². The average molecular weight is 336 g/mol. The van der Waals surface area contributed by atoms with E-state index in [9.17, 15) is 5.11 Å². The van der Waals surface area contributed by atoms with E-state index >= 15 is 0 Å². The van der Waals surface area contributed by atoms with Gasteiger partial charge in [-0.05, 0) is 41.0 Å². The minimum absolute atomic E-state index is 0.112. The molecule has 2 heterocycles. The summed E-state index contributed by atoms with van der Waals surface area (Å²) in [6.45, 7) is 7.95. The Hall–Kier alpha value is -1.84. The molecule has 2 N–H and O–H groups in total. The first-order valence-corrected chi connectivity index (χ1v) is 9.38. The SMILES string of the molecule is C[C@H]1CN2C[C@H](c3ccccc3)NC[C@H]2CC1(C)c1cccc(O)c1. The molecule has 0 aromatic heterocycles. The van der Waals surface area contributed by atoms with Gasteiger partial charge in [-0.15, -0.1) is 0 Å². The van der Waals surface area contributed by atoms with Crippen molar-refractivity contribution in [2.45, 2.75) is 37.8 Å². The summed E-state index contributed by atoms with van der Waals surface area (Å²) in [6.07, 6.45) is 1.13. The number of phenolic OH excluding ortho intramolecular Hbond substituents is 1. The van der Waals surface area contributed by atoms with Crippen molar-refractivity contribution in [3.05, 3.63) is 65.7 Å². The molecule has 2 aliphatic rings. The molecule has 2 saturated heterocycles. The van der Waals surface area contributed by atoms with Crippen molar-refractivity contribution in [2.75, 3.05) is 19.6 Å². The Balaban J connectivity index is 1.53. The molecule has 4 rings (SSSR count). The van der Waals surface area contributed by atoms with Gasteiger partial charge in [-0.2, -0.15) is 0 Å². The molecule has 0 aliphatic carbocycles. The van der Waals surface area contributed by atoms with E-state index in [-0.39, 0.29) is 5.41 Å². The van der Waals surface area contributed by atoms with Gasteiger partial charge < -0.3 is 10.4 Å². The van der Waals surface area contributed by atoms with E-state index in [0.29, 0.717) is 23.8 Å². The third kappa shape index (κ3) is 3.07. The molecule has 3 nitrogen and oxygen atoms in total. The highest BCUT2D eigenvalue weighted by molar-refractivity contribution is 5.34. The van der Waals surface area contributed by atoms with Gasteiger partial charge >= 0.3 is 0 Å². The molecule has 2 aromatic carbocycles. The predicted molar refractivity (Wildman–Crippen MR) is 102 cm³/mol. The quantitative estimate of drug-likeness (QED) is 0.878. The second-order valence-corrected chi connectivity index (χ2v) is 8.05. The van der Waals surface area contributed by atoms with Gasteiger partial charge in [0.2, 0.25) is 0 Å². The highest BCUT2D eigenvalue weighted by Crippen LogP contribution is 2.43. The summed E-state index contributed by atoms with van der Waals surface area (Å²) < 4.78 is 0. The maximum Gasteiger partial charge on any atom is 0.115 e. The van der Waals surface area contributed by atoms with Gasteiger partial charge in [-0.3, -0.25) is 4.90 Å². The molecule has 1 unspecified atom stereocenters. The zero-order chi connectivity index (χ0) is 17.4. The van der Waals surface area contributed by atoms with Gasteiger partial charge in [0.15, 0.2) is 0 Å². The van der Waals surface area contributed by atoms with Crippen LogP contribution in [-0.2, 0) is 5.41 Å². The number of phenols is 1. The molecule has 25 heavy (non-hydrogen) atoms. The first kappa shape index (κ1) is 16.6. The number of hydrogen-bond acceptors (Lipinski definition) is 3. The van der Waals surface area contributed by atoms with E-state index in [1.165, 1.54) is 11.1 Å². The Bertz CT molecular complexity index is 732. The van der Waals surface area contributed by atoms with E-state index in [1.807, 2.05) is 12.1 Å². The molecule has 0 radical (unpaired) electrons. The Morgan fingerprint density at radius 1 is 1.08 bits per heavy atom. The Morgan fingerprint density at radius 3 is 2.64 bits per heavy atom. The lowest BCUT2D eigenvalue weighted by Crippen LogP contribution is -2.60. The fraction of sp³-hybridized carbons (Fsp3) is 0.455. The zero-order valence-electron chi connectivity index (χ0n) is 15.2. The standard InChI is InChI=1S/C22H28N2O/c1-16-14-24-15-21(17-7-4-3-5-8-17)23-13-19(24)12-22(16,2)18-9-6-10-20(25)11-18/h3-11,16,19,21,23,25H,12-15H2,1-2H3/t16-,19+,21+,22?/m0/s1. The summed E-state index contributed by atoms with van der Waals surface area (Å²) in [5.41, 5.74) is 2.76. The lowest BCUT2D eigenvalue weighted by Gasteiger charge is -2.53. The van der Waals surface area contributed by atoms with Crippen LogP contribution < -0.4 is 5.32 Å². The normalized spacial score (nSPS) is 33.0. The number of hydrogen-bond donors (Lipinski definition) is 2. The van der Waals surface area contributed by atoms with Crippen LogP contribution in [-0.4, -0.2) is 35.7 Å². The van der Waals surface area contributed by atoms with Crippen LogP contribution in [0, 0.1) is 5.92 Å². The number of fused-ring (bicyclic) bond motifs is 1. The Labute approximate surface area is 150 Å². The Kier molecular flexibility index (Phi) is 4.30. The first-order chi connectivity index (χ1) is 12.1. The molecule has 0 bridgehead atoms. The van der Waals surface area contributed by atoms with E-state index in [2.05, 4.69) is 60.5 Å². The van der Waals surface area contributed by atoms with Crippen molar-refractivity contribution in [3.8, 4) is 5.75 Å². The third-order valence-corrected chi connectivity index (χ3v) is 6.50. The molecule has 4 atom stereocenters. The van der Waals surface area contributed by atoms with Gasteiger partial charge in [-0.25, -0.2) is 0 Å². The van der Waals surface area contributed by atoms with E-state index < -0.39 is 0 Å². The van der Waals surface area contributed by atoms with Gasteiger partial charge in [0, 0.05) is 31.7 Å². The smallest absolute Gasteiger partial charge is 0.115 e. The lowest BCUT2D eigenvalue weighted by molar-refractivity contribution is 0.0241. The van der Waals surface area contributed by atoms with Gasteiger partial charge in [-0.1, -0.05) is 56.3 Å². The Morgan fingerprint density at radius 2 is 1.88 bits per heavy atom. The number of nitrogens with zero attached hydrogens (tertiary/aromatic N) is 1. The number of benzene rings is 2. The van der Waals surface area contributed by atoms with Crippen LogP contribution in [0.2, 0.25) is 0 Å². The highest BCUT2D eigenvalue weighted by Gasteiger charge is 2.44. The fourth-order valence-corrected chi connectivity index (χ4v) is 4.70. The van der Waals surface area contributed by atoms with Crippen LogP contribution in [0.5, 0.6) is 5.75 Å². The molecule has 0 spiro atoms. The van der Waals surface area contributed by atoms with Crippen molar-refractivity contribution in [2.24, 2.45) is 5.92 Å². The fourth-order valence-electron chi connectivity index (χ4n) is 4.70. The van der Waals surface area contributed by atoms with Crippen molar-refractivity contribution >= 4 is 0 Å². The van der Waals surface area contributed by atoms with Crippen molar-refractivity contribution in [1.82, 2.24) is 10.2 Å². The van der Waals surface area contributed by atoms with Gasteiger partial charge in [0.25, 0.3) is 0 Å². The first-order valence-electron chi connectivity index (χ1n) is 9.38. The van der Waals surface area contributed by atoms with Crippen molar-refractivity contribution in [3.63, 3.8) is 0 Å². The second kappa shape index (κ2) is 6.47. The average Bonchev–Trinajstić information content (AvgIpc) is 2.63. The maximum atomic E-state index is 9.91. The summed E-state index contributed by atoms with van der Waals surface area (Å²) in [4.78, 5) is 2.67. The molecule has 3 heteroatoms. The molecule has 132 valence electrons. The summed E-state index contributed by atoms with van der Waals surface area (Å²) in [6, 6.07) is 19.6. The van der Waals surface area contributed by atoms with Crippen molar-refractivity contribution in [1.29, 1.82) is 0 Å². The molecular formula is C22H28N2O. The minimum Gasteiger partial charge on any atom is -0.508 e. The largest absolute Gasteiger partial charge is 0.508 e. The molecule has 2 fully saturated rings. The lowest BCUT2D eigenvalue weighted by atomic mass is 9.65. The van der Waals surface area contributed by atoms with E-state index in [0.717, 1.165) is 26.1 Å². The number of aromatic hydroxyl groups is 1. The number of piperidine rings is 1. The summed E-state index contributed by atoms with van der Waals surface area (Å²) in [7, 11) is 0. The summed E-state index contributed by atoms with van der Waals surface area (Å²) >= 11 is 0. The second-order valence-electron chi connectivity index (χ2n) is 8.05. The number of nitrogens with one attached hydrogen (secondary N) is 1. The van der Waals surface area contributed by atoms with E-state index in [1.54, 1.807) is 6.07 Å². The molecule has 0 saturated carbocycles. The van der Waals surface area contributed by atoms with Crippen LogP contribution in [0.4, 0.5) is 0 Å². The van der Waals surface area contributed by atoms with Crippen LogP contribution in [0.3, 0.4) is 0 Å².